The minimum absolute atomic E-state index is 0.159. The van der Waals surface area contributed by atoms with Crippen molar-refractivity contribution in [2.45, 2.75) is 52.7 Å². The fourth-order valence-corrected chi connectivity index (χ4v) is 2.54. The van der Waals surface area contributed by atoms with Crippen molar-refractivity contribution in [1.82, 2.24) is 15.5 Å². The highest BCUT2D eigenvalue weighted by atomic mass is 16.3. The lowest BCUT2D eigenvalue weighted by Gasteiger charge is -2.26. The van der Waals surface area contributed by atoms with Gasteiger partial charge in [0.25, 0.3) is 0 Å². The van der Waals surface area contributed by atoms with Crippen LogP contribution in [-0.4, -0.2) is 54.4 Å². The number of hydrogen-bond donors (Lipinski definition) is 3. The van der Waals surface area contributed by atoms with Crippen LogP contribution in [-0.2, 0) is 0 Å². The number of aliphatic hydroxyl groups excluding tert-OH is 1. The van der Waals surface area contributed by atoms with Gasteiger partial charge in [-0.05, 0) is 31.2 Å². The van der Waals surface area contributed by atoms with Crippen LogP contribution in [0.5, 0.6) is 0 Å². The molecular weight excluding hydrogens is 254 g/mol. The van der Waals surface area contributed by atoms with E-state index in [1.165, 1.54) is 6.42 Å². The third-order valence-electron chi connectivity index (χ3n) is 3.84. The lowest BCUT2D eigenvalue weighted by Crippen LogP contribution is -2.46. The Morgan fingerprint density at radius 1 is 1.30 bits per heavy atom. The molecule has 1 fully saturated rings. The largest absolute Gasteiger partial charge is 0.391 e. The second-order valence-electron chi connectivity index (χ2n) is 6.59. The Kier molecular flexibility index (Phi) is 7.30. The average molecular weight is 285 g/mol. The number of rotatable bonds is 7. The Hall–Kier alpha value is -0.810. The van der Waals surface area contributed by atoms with Crippen molar-refractivity contribution < 1.29 is 9.90 Å². The average Bonchev–Trinajstić information content (AvgIpc) is 2.79. The van der Waals surface area contributed by atoms with Gasteiger partial charge in [0.1, 0.15) is 0 Å². The van der Waals surface area contributed by atoms with Gasteiger partial charge in [-0.25, -0.2) is 4.79 Å². The van der Waals surface area contributed by atoms with E-state index in [-0.39, 0.29) is 11.9 Å². The molecule has 0 aliphatic carbocycles. The summed E-state index contributed by atoms with van der Waals surface area (Å²) in [7, 11) is 0. The number of carbonyl (C=O) groups is 1. The number of aliphatic hydroxyl groups is 1. The zero-order valence-electron chi connectivity index (χ0n) is 13.4. The van der Waals surface area contributed by atoms with Gasteiger partial charge < -0.3 is 15.7 Å². The third-order valence-corrected chi connectivity index (χ3v) is 3.84. The van der Waals surface area contributed by atoms with E-state index < -0.39 is 6.10 Å². The second kappa shape index (κ2) is 8.47. The molecule has 1 rings (SSSR count). The van der Waals surface area contributed by atoms with Gasteiger partial charge in [0.2, 0.25) is 0 Å². The molecule has 5 nitrogen and oxygen atoms in total. The van der Waals surface area contributed by atoms with Crippen LogP contribution < -0.4 is 10.6 Å². The van der Waals surface area contributed by atoms with Crippen LogP contribution in [0.25, 0.3) is 0 Å². The van der Waals surface area contributed by atoms with Crippen LogP contribution >= 0.6 is 0 Å². The Morgan fingerprint density at radius 3 is 2.60 bits per heavy atom. The molecule has 1 aliphatic rings. The molecule has 1 saturated heterocycles. The number of hydrogen-bond acceptors (Lipinski definition) is 3. The Labute approximate surface area is 123 Å². The van der Waals surface area contributed by atoms with Gasteiger partial charge in [0.15, 0.2) is 0 Å². The summed E-state index contributed by atoms with van der Waals surface area (Å²) >= 11 is 0. The molecule has 2 atom stereocenters. The first-order valence-corrected chi connectivity index (χ1v) is 7.84. The van der Waals surface area contributed by atoms with Crippen molar-refractivity contribution in [1.29, 1.82) is 0 Å². The molecule has 0 aromatic rings. The van der Waals surface area contributed by atoms with E-state index in [0.29, 0.717) is 25.0 Å². The highest BCUT2D eigenvalue weighted by molar-refractivity contribution is 5.73. The zero-order valence-corrected chi connectivity index (χ0v) is 13.4. The van der Waals surface area contributed by atoms with Crippen LogP contribution in [0.4, 0.5) is 4.79 Å². The first-order valence-electron chi connectivity index (χ1n) is 7.84. The van der Waals surface area contributed by atoms with E-state index in [1.807, 2.05) is 13.8 Å². The van der Waals surface area contributed by atoms with Crippen LogP contribution in [0.1, 0.15) is 40.5 Å². The molecule has 0 bridgehead atoms. The SMILES string of the molecule is CC(C)CN1CCC[C@H]1CNC(=O)NCC(O)C(C)C. The molecule has 2 amide bonds. The van der Waals surface area contributed by atoms with Crippen molar-refractivity contribution in [3.63, 3.8) is 0 Å². The van der Waals surface area contributed by atoms with Crippen molar-refractivity contribution in [2.75, 3.05) is 26.2 Å². The molecule has 0 aromatic heterocycles. The molecule has 1 aliphatic heterocycles. The summed E-state index contributed by atoms with van der Waals surface area (Å²) in [6.45, 7) is 11.6. The van der Waals surface area contributed by atoms with Gasteiger partial charge >= 0.3 is 6.03 Å². The molecule has 5 heteroatoms. The predicted molar refractivity (Wildman–Crippen MR) is 81.7 cm³/mol. The first kappa shape index (κ1) is 17.2. The maximum absolute atomic E-state index is 11.7. The van der Waals surface area contributed by atoms with Crippen molar-refractivity contribution >= 4 is 6.03 Å². The number of amides is 2. The van der Waals surface area contributed by atoms with E-state index >= 15 is 0 Å². The van der Waals surface area contributed by atoms with Crippen LogP contribution in [0.15, 0.2) is 0 Å². The molecule has 1 unspecified atom stereocenters. The van der Waals surface area contributed by atoms with Crippen LogP contribution in [0.3, 0.4) is 0 Å². The topological polar surface area (TPSA) is 64.6 Å². The van der Waals surface area contributed by atoms with Gasteiger partial charge in [-0.15, -0.1) is 0 Å². The molecule has 0 saturated carbocycles. The number of nitrogens with zero attached hydrogens (tertiary/aromatic N) is 1. The van der Waals surface area contributed by atoms with Gasteiger partial charge in [-0.2, -0.15) is 0 Å². The standard InChI is InChI=1S/C15H31N3O2/c1-11(2)10-18-7-5-6-13(18)8-16-15(20)17-9-14(19)12(3)4/h11-14,19H,5-10H2,1-4H3,(H2,16,17,20)/t13-,14?/m0/s1. The molecule has 0 radical (unpaired) electrons. The number of likely N-dealkylation sites (tertiary alicyclic amines) is 1. The predicted octanol–water partition coefficient (Wildman–Crippen LogP) is 1.42. The van der Waals surface area contributed by atoms with Gasteiger partial charge in [0.05, 0.1) is 6.10 Å². The fraction of sp³-hybridized carbons (Fsp3) is 0.933. The van der Waals surface area contributed by atoms with E-state index in [2.05, 4.69) is 29.4 Å². The molecule has 3 N–H and O–H groups in total. The summed E-state index contributed by atoms with van der Waals surface area (Å²) in [4.78, 5) is 14.2. The molecule has 118 valence electrons. The number of urea groups is 1. The fourth-order valence-electron chi connectivity index (χ4n) is 2.54. The summed E-state index contributed by atoms with van der Waals surface area (Å²) in [6, 6.07) is 0.277. The summed E-state index contributed by atoms with van der Waals surface area (Å²) < 4.78 is 0. The third kappa shape index (κ3) is 6.09. The quantitative estimate of drug-likeness (QED) is 0.663. The molecular formula is C15H31N3O2. The summed E-state index contributed by atoms with van der Waals surface area (Å²) in [5.41, 5.74) is 0. The monoisotopic (exact) mass is 285 g/mol. The highest BCUT2D eigenvalue weighted by Crippen LogP contribution is 2.17. The summed E-state index contributed by atoms with van der Waals surface area (Å²) in [6.07, 6.45) is 1.89. The number of nitrogens with one attached hydrogen (secondary N) is 2. The zero-order chi connectivity index (χ0) is 15.1. The molecule has 20 heavy (non-hydrogen) atoms. The van der Waals surface area contributed by atoms with Gasteiger partial charge in [-0.3, -0.25) is 4.90 Å². The lowest BCUT2D eigenvalue weighted by atomic mass is 10.1. The second-order valence-corrected chi connectivity index (χ2v) is 6.59. The number of carbonyl (C=O) groups excluding carboxylic acids is 1. The minimum Gasteiger partial charge on any atom is -0.391 e. The molecule has 0 aromatic carbocycles. The van der Waals surface area contributed by atoms with E-state index in [1.54, 1.807) is 0 Å². The maximum Gasteiger partial charge on any atom is 0.314 e. The smallest absolute Gasteiger partial charge is 0.314 e. The van der Waals surface area contributed by atoms with Gasteiger partial charge in [0, 0.05) is 25.7 Å². The van der Waals surface area contributed by atoms with Crippen LogP contribution in [0, 0.1) is 11.8 Å². The summed E-state index contributed by atoms with van der Waals surface area (Å²) in [5, 5.41) is 15.3. The Morgan fingerprint density at radius 2 is 2.00 bits per heavy atom. The van der Waals surface area contributed by atoms with Crippen molar-refractivity contribution in [3.05, 3.63) is 0 Å². The van der Waals surface area contributed by atoms with Crippen molar-refractivity contribution in [2.24, 2.45) is 11.8 Å². The van der Waals surface area contributed by atoms with Gasteiger partial charge in [-0.1, -0.05) is 27.7 Å². The maximum atomic E-state index is 11.7. The van der Waals surface area contributed by atoms with Crippen molar-refractivity contribution in [3.8, 4) is 0 Å². The molecule has 1 heterocycles. The van der Waals surface area contributed by atoms with E-state index in [0.717, 1.165) is 19.5 Å². The first-order chi connectivity index (χ1) is 9.40. The lowest BCUT2D eigenvalue weighted by molar-refractivity contribution is 0.124. The highest BCUT2D eigenvalue weighted by Gasteiger charge is 2.25. The van der Waals surface area contributed by atoms with E-state index in [9.17, 15) is 9.90 Å². The molecule has 0 spiro atoms. The Balaban J connectivity index is 2.23. The normalized spacial score (nSPS) is 21.4. The Bertz CT molecular complexity index is 295. The van der Waals surface area contributed by atoms with E-state index in [4.69, 9.17) is 0 Å². The van der Waals surface area contributed by atoms with Crippen LogP contribution in [0.2, 0.25) is 0 Å². The summed E-state index contributed by atoms with van der Waals surface area (Å²) in [5.74, 6) is 0.817. The minimum atomic E-state index is -0.482.